The van der Waals surface area contributed by atoms with Gasteiger partial charge in [-0.3, -0.25) is 0 Å². The summed E-state index contributed by atoms with van der Waals surface area (Å²) in [6, 6.07) is 4.30. The van der Waals surface area contributed by atoms with Gasteiger partial charge in [-0.25, -0.2) is 4.39 Å². The number of rotatable bonds is 3. The van der Waals surface area contributed by atoms with Gasteiger partial charge in [-0.15, -0.1) is 0 Å². The van der Waals surface area contributed by atoms with Crippen LogP contribution >= 0.6 is 0 Å². The summed E-state index contributed by atoms with van der Waals surface area (Å²) in [5, 5.41) is 3.06. The van der Waals surface area contributed by atoms with E-state index in [1.165, 1.54) is 12.1 Å². The van der Waals surface area contributed by atoms with Gasteiger partial charge in [0.05, 0.1) is 19.2 Å². The Kier molecular flexibility index (Phi) is 4.65. The Morgan fingerprint density at radius 3 is 2.93 bits per heavy atom. The van der Waals surface area contributed by atoms with Crippen LogP contribution in [0.5, 0.6) is 5.75 Å². The average Bonchev–Trinajstić information content (AvgIpc) is 2.25. The van der Waals surface area contributed by atoms with Crippen molar-refractivity contribution in [1.82, 2.24) is 5.32 Å². The fourth-order valence-corrected chi connectivity index (χ4v) is 1.10. The first-order chi connectivity index (χ1) is 7.27. The van der Waals surface area contributed by atoms with E-state index >= 15 is 0 Å². The molecule has 0 bridgehead atoms. The second kappa shape index (κ2) is 6.05. The van der Waals surface area contributed by atoms with Crippen molar-refractivity contribution >= 4 is 0 Å². The van der Waals surface area contributed by atoms with E-state index in [2.05, 4.69) is 17.2 Å². The monoisotopic (exact) mass is 207 g/mol. The van der Waals surface area contributed by atoms with Gasteiger partial charge in [0.1, 0.15) is 11.6 Å². The molecule has 0 saturated carbocycles. The highest BCUT2D eigenvalue weighted by molar-refractivity contribution is 5.46. The third-order valence-electron chi connectivity index (χ3n) is 1.85. The van der Waals surface area contributed by atoms with Gasteiger partial charge in [0, 0.05) is 0 Å². The maximum Gasteiger partial charge on any atom is 0.134 e. The lowest BCUT2D eigenvalue weighted by Gasteiger charge is -2.02. The van der Waals surface area contributed by atoms with E-state index in [9.17, 15) is 4.39 Å². The van der Waals surface area contributed by atoms with Gasteiger partial charge >= 0.3 is 0 Å². The van der Waals surface area contributed by atoms with Crippen molar-refractivity contribution in [2.24, 2.45) is 0 Å². The average molecular weight is 207 g/mol. The molecule has 1 rings (SSSR count). The van der Waals surface area contributed by atoms with E-state index in [0.29, 0.717) is 17.9 Å². The second-order valence-corrected chi connectivity index (χ2v) is 2.93. The lowest BCUT2D eigenvalue weighted by atomic mass is 10.2. The standard InChI is InChI=1S/C12H14FNO/c1-3-14-8-4-5-10-9-11(13)6-7-12(10)15-2/h6-7,9,14H,3,8H2,1-2H3. The molecule has 0 aliphatic carbocycles. The maximum atomic E-state index is 12.9. The molecule has 0 atom stereocenters. The number of ether oxygens (including phenoxy) is 1. The van der Waals surface area contributed by atoms with Gasteiger partial charge < -0.3 is 10.1 Å². The molecular weight excluding hydrogens is 193 g/mol. The molecule has 2 nitrogen and oxygen atoms in total. The number of methoxy groups -OCH3 is 1. The van der Waals surface area contributed by atoms with Crippen molar-refractivity contribution in [3.63, 3.8) is 0 Å². The Hall–Kier alpha value is -1.53. The van der Waals surface area contributed by atoms with Crippen molar-refractivity contribution in [2.45, 2.75) is 6.92 Å². The molecule has 0 fully saturated rings. The van der Waals surface area contributed by atoms with Gasteiger partial charge in [0.25, 0.3) is 0 Å². The van der Waals surface area contributed by atoms with Crippen LogP contribution in [0.4, 0.5) is 4.39 Å². The SMILES string of the molecule is CCNCC#Cc1cc(F)ccc1OC. The molecule has 3 heteroatoms. The van der Waals surface area contributed by atoms with Gasteiger partial charge in [-0.05, 0) is 24.7 Å². The molecule has 1 aromatic carbocycles. The number of halogens is 1. The molecule has 1 aromatic rings. The van der Waals surface area contributed by atoms with Crippen LogP contribution in [0.2, 0.25) is 0 Å². The first-order valence-corrected chi connectivity index (χ1v) is 4.81. The molecule has 80 valence electrons. The zero-order valence-electron chi connectivity index (χ0n) is 8.93. The number of nitrogens with one attached hydrogen (secondary N) is 1. The van der Waals surface area contributed by atoms with Gasteiger partial charge in [0.15, 0.2) is 0 Å². The number of hydrogen-bond donors (Lipinski definition) is 1. The summed E-state index contributed by atoms with van der Waals surface area (Å²) in [6.45, 7) is 3.47. The minimum atomic E-state index is -0.302. The van der Waals surface area contributed by atoms with E-state index in [4.69, 9.17) is 4.74 Å². The van der Waals surface area contributed by atoms with Crippen LogP contribution < -0.4 is 10.1 Å². The Balaban J connectivity index is 2.80. The van der Waals surface area contributed by atoms with Gasteiger partial charge in [-0.1, -0.05) is 18.8 Å². The number of hydrogen-bond acceptors (Lipinski definition) is 2. The first-order valence-electron chi connectivity index (χ1n) is 4.81. The predicted octanol–water partition coefficient (Wildman–Crippen LogP) is 1.80. The summed E-state index contributed by atoms with van der Waals surface area (Å²) in [5.41, 5.74) is 0.579. The van der Waals surface area contributed by atoms with Crippen LogP contribution in [-0.2, 0) is 0 Å². The summed E-state index contributed by atoms with van der Waals surface area (Å²) in [4.78, 5) is 0. The van der Waals surface area contributed by atoms with Gasteiger partial charge in [0.2, 0.25) is 0 Å². The van der Waals surface area contributed by atoms with Crippen molar-refractivity contribution in [2.75, 3.05) is 20.2 Å². The normalized spacial score (nSPS) is 9.27. The molecule has 1 N–H and O–H groups in total. The molecule has 0 radical (unpaired) electrons. The molecular formula is C12H14FNO. The minimum absolute atomic E-state index is 0.302. The molecule has 0 spiro atoms. The summed E-state index contributed by atoms with van der Waals surface area (Å²) in [7, 11) is 1.54. The highest BCUT2D eigenvalue weighted by Gasteiger charge is 2.00. The summed E-state index contributed by atoms with van der Waals surface area (Å²) in [5.74, 6) is 6.05. The molecule has 0 amide bonds. The Morgan fingerprint density at radius 2 is 2.27 bits per heavy atom. The Morgan fingerprint density at radius 1 is 1.47 bits per heavy atom. The predicted molar refractivity (Wildman–Crippen MR) is 58.4 cm³/mol. The highest BCUT2D eigenvalue weighted by atomic mass is 19.1. The third-order valence-corrected chi connectivity index (χ3v) is 1.85. The third kappa shape index (κ3) is 3.61. The smallest absolute Gasteiger partial charge is 0.134 e. The second-order valence-electron chi connectivity index (χ2n) is 2.93. The topological polar surface area (TPSA) is 21.3 Å². The van der Waals surface area contributed by atoms with Crippen LogP contribution in [0, 0.1) is 17.7 Å². The quantitative estimate of drug-likeness (QED) is 0.602. The van der Waals surface area contributed by atoms with Crippen molar-refractivity contribution < 1.29 is 9.13 Å². The fourth-order valence-electron chi connectivity index (χ4n) is 1.10. The Labute approximate surface area is 89.4 Å². The molecule has 0 aliphatic rings. The lowest BCUT2D eigenvalue weighted by molar-refractivity contribution is 0.412. The van der Waals surface area contributed by atoms with E-state index in [-0.39, 0.29) is 5.82 Å². The number of benzene rings is 1. The van der Waals surface area contributed by atoms with Crippen molar-refractivity contribution in [3.8, 4) is 17.6 Å². The van der Waals surface area contributed by atoms with Crippen LogP contribution in [0.25, 0.3) is 0 Å². The van der Waals surface area contributed by atoms with Crippen molar-refractivity contribution in [1.29, 1.82) is 0 Å². The largest absolute Gasteiger partial charge is 0.495 e. The molecule has 0 aromatic heterocycles. The van der Waals surface area contributed by atoms with Crippen LogP contribution in [-0.4, -0.2) is 20.2 Å². The van der Waals surface area contributed by atoms with E-state index < -0.39 is 0 Å². The molecule has 0 aliphatic heterocycles. The molecule has 0 heterocycles. The van der Waals surface area contributed by atoms with Crippen LogP contribution in [0.15, 0.2) is 18.2 Å². The summed E-state index contributed by atoms with van der Waals surface area (Å²) >= 11 is 0. The Bertz CT molecular complexity index is 379. The minimum Gasteiger partial charge on any atom is -0.495 e. The highest BCUT2D eigenvalue weighted by Crippen LogP contribution is 2.17. The van der Waals surface area contributed by atoms with Crippen LogP contribution in [0.3, 0.4) is 0 Å². The zero-order chi connectivity index (χ0) is 11.1. The fraction of sp³-hybridized carbons (Fsp3) is 0.333. The molecule has 15 heavy (non-hydrogen) atoms. The lowest BCUT2D eigenvalue weighted by Crippen LogP contribution is -2.11. The van der Waals surface area contributed by atoms with Crippen LogP contribution in [0.1, 0.15) is 12.5 Å². The first kappa shape index (κ1) is 11.5. The maximum absolute atomic E-state index is 12.9. The van der Waals surface area contributed by atoms with E-state index in [1.807, 2.05) is 6.92 Å². The van der Waals surface area contributed by atoms with E-state index in [0.717, 1.165) is 6.54 Å². The molecule has 0 unspecified atom stereocenters. The zero-order valence-corrected chi connectivity index (χ0v) is 8.93. The summed E-state index contributed by atoms with van der Waals surface area (Å²) < 4.78 is 18.0. The van der Waals surface area contributed by atoms with Gasteiger partial charge in [-0.2, -0.15) is 0 Å². The molecule has 0 saturated heterocycles. The van der Waals surface area contributed by atoms with Crippen molar-refractivity contribution in [3.05, 3.63) is 29.6 Å². The summed E-state index contributed by atoms with van der Waals surface area (Å²) in [6.07, 6.45) is 0. The van der Waals surface area contributed by atoms with E-state index in [1.54, 1.807) is 13.2 Å².